The van der Waals surface area contributed by atoms with Crippen molar-refractivity contribution in [3.05, 3.63) is 96.2 Å². The molecule has 2 heterocycles. The standard InChI is InChI=1S/C30H31N5O5S/c1-40-25-11-5-6-12-26(25)41(38,39)35(19-20-13-14-23-22(18-20)15-16-33-28(23)31)27(21-8-3-2-4-9-21)30(37)34-17-7-10-24(34)29(32)36/h2-6,8-9,11-16,18,24,27H,7,10,17,19H2,1H3,(H2,31,33)(H2,32,36)/t24-,27+/m0/s1. The van der Waals surface area contributed by atoms with Crippen molar-refractivity contribution in [3.63, 3.8) is 0 Å². The molecule has 3 aromatic carbocycles. The molecule has 4 N–H and O–H groups in total. The zero-order valence-corrected chi connectivity index (χ0v) is 23.3. The Morgan fingerprint density at radius 3 is 2.54 bits per heavy atom. The van der Waals surface area contributed by atoms with E-state index in [1.165, 1.54) is 22.4 Å². The van der Waals surface area contributed by atoms with Gasteiger partial charge >= 0.3 is 0 Å². The van der Waals surface area contributed by atoms with Crippen molar-refractivity contribution in [2.24, 2.45) is 5.73 Å². The highest BCUT2D eigenvalue weighted by molar-refractivity contribution is 7.89. The Morgan fingerprint density at radius 2 is 1.80 bits per heavy atom. The van der Waals surface area contributed by atoms with Crippen LogP contribution in [0.25, 0.3) is 10.8 Å². The maximum Gasteiger partial charge on any atom is 0.248 e. The predicted molar refractivity (Wildman–Crippen MR) is 155 cm³/mol. The van der Waals surface area contributed by atoms with Gasteiger partial charge in [0.25, 0.3) is 0 Å². The molecular weight excluding hydrogens is 542 g/mol. The van der Waals surface area contributed by atoms with Crippen LogP contribution in [-0.4, -0.2) is 54.1 Å². The Labute approximate surface area is 238 Å². The molecule has 0 radical (unpaired) electrons. The highest BCUT2D eigenvalue weighted by Gasteiger charge is 2.43. The molecule has 11 heteroatoms. The van der Waals surface area contributed by atoms with E-state index in [1.54, 1.807) is 72.9 Å². The number of ether oxygens (including phenoxy) is 1. The maximum atomic E-state index is 14.5. The Morgan fingerprint density at radius 1 is 1.07 bits per heavy atom. The number of benzene rings is 3. The molecule has 4 aromatic rings. The van der Waals surface area contributed by atoms with Gasteiger partial charge in [-0.3, -0.25) is 9.59 Å². The molecule has 0 spiro atoms. The van der Waals surface area contributed by atoms with Crippen molar-refractivity contribution < 1.29 is 22.7 Å². The van der Waals surface area contributed by atoms with Crippen molar-refractivity contribution in [1.29, 1.82) is 0 Å². The van der Waals surface area contributed by atoms with Crippen molar-refractivity contribution in [1.82, 2.24) is 14.2 Å². The number of pyridine rings is 1. The van der Waals surface area contributed by atoms with Crippen LogP contribution in [0, 0.1) is 0 Å². The molecule has 2 atom stereocenters. The number of primary amides is 1. The van der Waals surface area contributed by atoms with Crippen LogP contribution in [0.3, 0.4) is 0 Å². The minimum absolute atomic E-state index is 0.0849. The normalized spacial score (nSPS) is 16.1. The summed E-state index contributed by atoms with van der Waals surface area (Å²) in [6.45, 7) is 0.138. The molecule has 1 aliphatic heterocycles. The van der Waals surface area contributed by atoms with Crippen LogP contribution in [0.5, 0.6) is 5.75 Å². The number of para-hydroxylation sites is 1. The van der Waals surface area contributed by atoms with Gasteiger partial charge in [0, 0.05) is 24.7 Å². The van der Waals surface area contributed by atoms with E-state index in [0.29, 0.717) is 36.3 Å². The Bertz CT molecular complexity index is 1700. The zero-order chi connectivity index (χ0) is 29.1. The second kappa shape index (κ2) is 11.6. The van der Waals surface area contributed by atoms with Gasteiger partial charge in [0.2, 0.25) is 21.8 Å². The van der Waals surface area contributed by atoms with E-state index in [1.807, 2.05) is 6.07 Å². The van der Waals surface area contributed by atoms with Crippen LogP contribution in [0.2, 0.25) is 0 Å². The average molecular weight is 574 g/mol. The maximum absolute atomic E-state index is 14.5. The smallest absolute Gasteiger partial charge is 0.248 e. The molecule has 1 saturated heterocycles. The summed E-state index contributed by atoms with van der Waals surface area (Å²) in [5.74, 6) is -0.644. The molecule has 2 amide bonds. The van der Waals surface area contributed by atoms with Crippen LogP contribution < -0.4 is 16.2 Å². The number of carbonyl (C=O) groups excluding carboxylic acids is 2. The summed E-state index contributed by atoms with van der Waals surface area (Å²) < 4.78 is 35.7. The number of nitrogens with zero attached hydrogens (tertiary/aromatic N) is 3. The number of likely N-dealkylation sites (tertiary alicyclic amines) is 1. The number of amides is 2. The lowest BCUT2D eigenvalue weighted by Gasteiger charge is -2.35. The summed E-state index contributed by atoms with van der Waals surface area (Å²) in [4.78, 5) is 32.0. The first-order chi connectivity index (χ1) is 19.7. The van der Waals surface area contributed by atoms with Gasteiger partial charge in [-0.25, -0.2) is 13.4 Å². The Hall–Kier alpha value is -4.48. The van der Waals surface area contributed by atoms with Crippen LogP contribution in [0.4, 0.5) is 5.82 Å². The Balaban J connectivity index is 1.70. The summed E-state index contributed by atoms with van der Waals surface area (Å²) in [5, 5.41) is 1.51. The fourth-order valence-electron chi connectivity index (χ4n) is 5.35. The first-order valence-corrected chi connectivity index (χ1v) is 14.6. The van der Waals surface area contributed by atoms with Crippen molar-refractivity contribution >= 4 is 38.4 Å². The van der Waals surface area contributed by atoms with Crippen molar-refractivity contribution in [2.75, 3.05) is 19.4 Å². The summed E-state index contributed by atoms with van der Waals surface area (Å²) in [6, 6.07) is 20.0. The third kappa shape index (κ3) is 5.46. The number of nitrogen functional groups attached to an aromatic ring is 1. The van der Waals surface area contributed by atoms with Crippen LogP contribution in [-0.2, 0) is 26.2 Å². The van der Waals surface area contributed by atoms with E-state index < -0.39 is 33.9 Å². The van der Waals surface area contributed by atoms with Gasteiger partial charge in [-0.05, 0) is 53.6 Å². The number of fused-ring (bicyclic) bond motifs is 1. The summed E-state index contributed by atoms with van der Waals surface area (Å²) in [7, 11) is -2.96. The lowest BCUT2D eigenvalue weighted by molar-refractivity contribution is -0.140. The lowest BCUT2D eigenvalue weighted by atomic mass is 10.0. The first-order valence-electron chi connectivity index (χ1n) is 13.1. The predicted octanol–water partition coefficient (Wildman–Crippen LogP) is 3.23. The third-order valence-corrected chi connectivity index (χ3v) is 9.21. The molecule has 212 valence electrons. The van der Waals surface area contributed by atoms with E-state index in [0.717, 1.165) is 10.8 Å². The highest BCUT2D eigenvalue weighted by Crippen LogP contribution is 2.36. The molecule has 41 heavy (non-hydrogen) atoms. The Kier molecular flexibility index (Phi) is 7.91. The molecule has 1 fully saturated rings. The molecule has 0 unspecified atom stereocenters. The summed E-state index contributed by atoms with van der Waals surface area (Å²) >= 11 is 0. The highest BCUT2D eigenvalue weighted by atomic mass is 32.2. The van der Waals surface area contributed by atoms with Gasteiger partial charge in [0.15, 0.2) is 0 Å². The van der Waals surface area contributed by atoms with E-state index in [4.69, 9.17) is 16.2 Å². The van der Waals surface area contributed by atoms with Gasteiger partial charge < -0.3 is 21.1 Å². The number of aromatic nitrogens is 1. The third-order valence-electron chi connectivity index (χ3n) is 7.36. The molecule has 0 bridgehead atoms. The number of sulfonamides is 1. The molecule has 10 nitrogen and oxygen atoms in total. The minimum atomic E-state index is -4.36. The fourth-order valence-corrected chi connectivity index (χ4v) is 7.07. The molecular formula is C30H31N5O5S. The van der Waals surface area contributed by atoms with Crippen LogP contribution in [0.15, 0.2) is 90.0 Å². The summed E-state index contributed by atoms with van der Waals surface area (Å²) in [6.07, 6.45) is 2.58. The second-order valence-electron chi connectivity index (χ2n) is 9.86. The largest absolute Gasteiger partial charge is 0.495 e. The number of hydrogen-bond acceptors (Lipinski definition) is 7. The number of hydrogen-bond donors (Lipinski definition) is 2. The fraction of sp³-hybridized carbons (Fsp3) is 0.233. The molecule has 0 saturated carbocycles. The van der Waals surface area contributed by atoms with Crippen molar-refractivity contribution in [2.45, 2.75) is 36.4 Å². The van der Waals surface area contributed by atoms with Gasteiger partial charge in [-0.2, -0.15) is 4.31 Å². The quantitative estimate of drug-likeness (QED) is 0.312. The first kappa shape index (κ1) is 28.1. The van der Waals surface area contributed by atoms with E-state index in [-0.39, 0.29) is 17.2 Å². The molecule has 1 aromatic heterocycles. The topological polar surface area (TPSA) is 149 Å². The van der Waals surface area contributed by atoms with Gasteiger partial charge in [-0.1, -0.05) is 54.6 Å². The molecule has 0 aliphatic carbocycles. The van der Waals surface area contributed by atoms with Crippen LogP contribution >= 0.6 is 0 Å². The van der Waals surface area contributed by atoms with Gasteiger partial charge in [0.1, 0.15) is 28.5 Å². The number of anilines is 1. The monoisotopic (exact) mass is 573 g/mol. The number of methoxy groups -OCH3 is 1. The van der Waals surface area contributed by atoms with E-state index in [9.17, 15) is 18.0 Å². The molecule has 1 aliphatic rings. The zero-order valence-electron chi connectivity index (χ0n) is 22.5. The molecule has 5 rings (SSSR count). The second-order valence-corrected chi connectivity index (χ2v) is 11.7. The van der Waals surface area contributed by atoms with E-state index >= 15 is 0 Å². The van der Waals surface area contributed by atoms with Gasteiger partial charge in [-0.15, -0.1) is 0 Å². The average Bonchev–Trinajstić information content (AvgIpc) is 3.48. The van der Waals surface area contributed by atoms with Crippen molar-refractivity contribution in [3.8, 4) is 5.75 Å². The van der Waals surface area contributed by atoms with Gasteiger partial charge in [0.05, 0.1) is 7.11 Å². The van der Waals surface area contributed by atoms with E-state index in [2.05, 4.69) is 4.98 Å². The number of carbonyl (C=O) groups is 2. The summed E-state index contributed by atoms with van der Waals surface area (Å²) in [5.41, 5.74) is 12.8. The lowest BCUT2D eigenvalue weighted by Crippen LogP contribution is -2.50. The number of rotatable bonds is 9. The SMILES string of the molecule is COc1ccccc1S(=O)(=O)N(Cc1ccc2c(N)nccc2c1)[C@@H](C(=O)N1CCC[C@H]1C(N)=O)c1ccccc1. The number of nitrogens with two attached hydrogens (primary N) is 2. The van der Waals surface area contributed by atoms with Crippen LogP contribution in [0.1, 0.15) is 30.0 Å². The minimum Gasteiger partial charge on any atom is -0.495 e.